The number of halogens is 5. The maximum atomic E-state index is 7.26. The van der Waals surface area contributed by atoms with Crippen LogP contribution in [0, 0.1) is 0 Å². The molecule has 0 bridgehead atoms. The SMILES string of the molecule is CC1(C)c2cccc(P(c3ccccc3)c3ccccc3)c2Oc2c(P(c3ccccc3)c3ccccc3)cccc21.COc1cc(Cl)ccc1CN.COc1cc(Cl)ccc1CNc1cc(Cl)c2ccccc2n1.Clc1cc(Cl)c2ccccc2n1. The Morgan fingerprint density at radius 2 is 0.851 bits per heavy atom. The molecule has 0 saturated carbocycles. The Labute approximate surface area is 536 Å². The van der Waals surface area contributed by atoms with Crippen molar-refractivity contribution in [3.8, 4) is 23.0 Å². The molecule has 1 aliphatic rings. The minimum atomic E-state index is -0.824. The summed E-state index contributed by atoms with van der Waals surface area (Å²) in [6.07, 6.45) is 0. The van der Waals surface area contributed by atoms with E-state index in [9.17, 15) is 0 Å². The number of benzene rings is 10. The Morgan fingerprint density at radius 3 is 1.30 bits per heavy atom. The third kappa shape index (κ3) is 14.9. The molecule has 3 N–H and O–H groups in total. The number of ether oxygens (including phenoxy) is 3. The molecule has 10 aromatic carbocycles. The largest absolute Gasteiger partial charge is 0.496 e. The molecule has 13 rings (SSSR count). The van der Waals surface area contributed by atoms with E-state index in [1.54, 1.807) is 38.5 Å². The molecule has 1 aliphatic heterocycles. The number of nitrogens with two attached hydrogens (primary N) is 1. The van der Waals surface area contributed by atoms with E-state index in [1.807, 2.05) is 72.8 Å². The molecule has 0 aliphatic carbocycles. The molecule has 2 aromatic heterocycles. The topological polar surface area (TPSA) is 91.5 Å². The first-order valence-electron chi connectivity index (χ1n) is 27.9. The van der Waals surface area contributed by atoms with Gasteiger partial charge in [-0.3, -0.25) is 0 Å². The first-order valence-corrected chi connectivity index (χ1v) is 32.5. The molecule has 0 radical (unpaired) electrons. The molecule has 12 aromatic rings. The average Bonchev–Trinajstić information content (AvgIpc) is 1.84. The molecule has 0 unspecified atom stereocenters. The Bertz CT molecular complexity index is 4070. The fraction of sp³-hybridized carbons (Fsp3) is 0.0959. The van der Waals surface area contributed by atoms with Gasteiger partial charge >= 0.3 is 0 Å². The third-order valence-corrected chi connectivity index (χ3v) is 20.8. The summed E-state index contributed by atoms with van der Waals surface area (Å²) < 4.78 is 17.6. The zero-order valence-corrected chi connectivity index (χ0v) is 53.7. The average molecular weight is 1280 g/mol. The van der Waals surface area contributed by atoms with Crippen LogP contribution in [0.5, 0.6) is 23.0 Å². The number of para-hydroxylation sites is 4. The number of nitrogens with one attached hydrogen (secondary N) is 1. The van der Waals surface area contributed by atoms with Gasteiger partial charge in [0.1, 0.15) is 34.0 Å². The predicted molar refractivity (Wildman–Crippen MR) is 372 cm³/mol. The van der Waals surface area contributed by atoms with Gasteiger partial charge in [0, 0.05) is 72.2 Å². The highest BCUT2D eigenvalue weighted by molar-refractivity contribution is 7.80. The quantitative estimate of drug-likeness (QED) is 0.0930. The normalized spacial score (nSPS) is 11.8. The van der Waals surface area contributed by atoms with Gasteiger partial charge in [-0.15, -0.1) is 0 Å². The highest BCUT2D eigenvalue weighted by Gasteiger charge is 2.39. The summed E-state index contributed by atoms with van der Waals surface area (Å²) in [6, 6.07) is 87.0. The van der Waals surface area contributed by atoms with Gasteiger partial charge in [0.15, 0.2) is 0 Å². The number of pyridine rings is 2. The van der Waals surface area contributed by atoms with E-state index in [4.69, 9.17) is 77.9 Å². The zero-order valence-electron chi connectivity index (χ0n) is 48.1. The van der Waals surface area contributed by atoms with Crippen LogP contribution in [0.1, 0.15) is 36.1 Å². The van der Waals surface area contributed by atoms with Gasteiger partial charge in [0.05, 0.1) is 35.3 Å². The fourth-order valence-corrected chi connectivity index (χ4v) is 16.2. The number of methoxy groups -OCH3 is 2. The van der Waals surface area contributed by atoms with Crippen LogP contribution in [0.25, 0.3) is 21.8 Å². The molecule has 436 valence electrons. The van der Waals surface area contributed by atoms with Crippen molar-refractivity contribution >= 4 is 133 Å². The summed E-state index contributed by atoms with van der Waals surface area (Å²) in [5, 5.41) is 16.0. The summed E-state index contributed by atoms with van der Waals surface area (Å²) in [5.74, 6) is 4.24. The first kappa shape index (κ1) is 62.5. The van der Waals surface area contributed by atoms with Crippen molar-refractivity contribution in [1.29, 1.82) is 0 Å². The van der Waals surface area contributed by atoms with Gasteiger partial charge in [-0.25, -0.2) is 9.97 Å². The number of fused-ring (bicyclic) bond motifs is 4. The van der Waals surface area contributed by atoms with Crippen molar-refractivity contribution in [3.05, 3.63) is 302 Å². The predicted octanol–water partition coefficient (Wildman–Crippen LogP) is 18.1. The van der Waals surface area contributed by atoms with E-state index >= 15 is 0 Å². The van der Waals surface area contributed by atoms with Crippen LogP contribution in [0.15, 0.2) is 255 Å². The molecule has 3 heterocycles. The fourth-order valence-electron chi connectivity index (χ4n) is 10.3. The molecule has 0 saturated heterocycles. The van der Waals surface area contributed by atoms with Crippen LogP contribution in [-0.2, 0) is 18.5 Å². The van der Waals surface area contributed by atoms with E-state index in [1.165, 1.54) is 43.0 Å². The number of rotatable bonds is 12. The van der Waals surface area contributed by atoms with Gasteiger partial charge in [0.2, 0.25) is 0 Å². The van der Waals surface area contributed by atoms with Gasteiger partial charge in [-0.05, 0) is 85.6 Å². The van der Waals surface area contributed by atoms with Crippen molar-refractivity contribution in [2.24, 2.45) is 5.73 Å². The summed E-state index contributed by atoms with van der Waals surface area (Å²) in [6.45, 7) is 5.74. The second-order valence-corrected chi connectivity index (χ2v) is 26.9. The number of nitrogens with zero attached hydrogens (tertiary/aromatic N) is 2. The molecular formula is C73H61Cl5N4O3P2. The van der Waals surface area contributed by atoms with E-state index < -0.39 is 15.8 Å². The summed E-state index contributed by atoms with van der Waals surface area (Å²) in [7, 11) is 1.58. The third-order valence-electron chi connectivity index (χ3n) is 14.6. The van der Waals surface area contributed by atoms with Gasteiger partial charge in [-0.1, -0.05) is 278 Å². The van der Waals surface area contributed by atoms with E-state index in [2.05, 4.69) is 187 Å². The van der Waals surface area contributed by atoms with Crippen LogP contribution >= 0.6 is 73.8 Å². The Balaban J connectivity index is 0.000000153. The number of hydrogen-bond acceptors (Lipinski definition) is 7. The smallest absolute Gasteiger partial charge is 0.139 e. The lowest BCUT2D eigenvalue weighted by Crippen LogP contribution is -2.32. The highest BCUT2D eigenvalue weighted by atomic mass is 35.5. The van der Waals surface area contributed by atoms with E-state index in [-0.39, 0.29) is 5.41 Å². The zero-order chi connectivity index (χ0) is 60.9. The van der Waals surface area contributed by atoms with Crippen LogP contribution in [0.3, 0.4) is 0 Å². The summed E-state index contributed by atoms with van der Waals surface area (Å²) >= 11 is 29.7. The molecule has 14 heteroatoms. The molecule has 0 amide bonds. The van der Waals surface area contributed by atoms with Crippen LogP contribution in [0.4, 0.5) is 5.82 Å². The van der Waals surface area contributed by atoms with Crippen molar-refractivity contribution in [2.75, 3.05) is 19.5 Å². The van der Waals surface area contributed by atoms with Gasteiger partial charge in [0.25, 0.3) is 0 Å². The second kappa shape index (κ2) is 29.5. The number of hydrogen-bond donors (Lipinski definition) is 2. The molecular weight excluding hydrogens is 1220 g/mol. The second-order valence-electron chi connectivity index (χ2n) is 20.5. The Hall–Kier alpha value is -7.51. The lowest BCUT2D eigenvalue weighted by molar-refractivity contribution is 0.410. The molecule has 7 nitrogen and oxygen atoms in total. The molecule has 87 heavy (non-hydrogen) atoms. The van der Waals surface area contributed by atoms with Crippen LogP contribution in [-0.4, -0.2) is 24.2 Å². The standard InChI is InChI=1S/C39H32OP2.C17H14Cl2N2O.C9H5Cl2N.C8H10ClNO/c1-39(2)33-25-15-27-35(41(29-17-7-3-8-18-29)30-19-9-4-10-20-30)37(33)40-38-34(39)26-16-28-36(38)42(31-21-11-5-12-22-31)32-23-13-6-14-24-32;1-22-16-8-12(18)7-6-11(16)10-20-17-9-14(19)13-4-2-3-5-15(13)21-17;10-7-5-9(11)12-8-4-2-1-3-6(7)8;1-11-8-4-7(9)3-2-6(8)5-10/h3-28H,1-2H3;2-9H,10H2,1H3,(H,20,21);1-5H;2-4H,5,10H2,1H3. The molecule has 0 spiro atoms. The summed E-state index contributed by atoms with van der Waals surface area (Å²) in [5.41, 5.74) is 11.4. The number of anilines is 1. The van der Waals surface area contributed by atoms with Crippen LogP contribution in [0.2, 0.25) is 25.2 Å². The number of aromatic nitrogens is 2. The lowest BCUT2D eigenvalue weighted by atomic mass is 9.76. The van der Waals surface area contributed by atoms with Crippen molar-refractivity contribution in [2.45, 2.75) is 32.4 Å². The van der Waals surface area contributed by atoms with Crippen LogP contribution < -0.4 is 57.1 Å². The maximum Gasteiger partial charge on any atom is 0.139 e. The Kier molecular flexibility index (Phi) is 21.2. The van der Waals surface area contributed by atoms with E-state index in [0.717, 1.165) is 61.7 Å². The lowest BCUT2D eigenvalue weighted by Gasteiger charge is -2.38. The monoisotopic (exact) mass is 1280 g/mol. The first-order chi connectivity index (χ1) is 42.3. The maximum absolute atomic E-state index is 7.26. The minimum Gasteiger partial charge on any atom is -0.496 e. The highest BCUT2D eigenvalue weighted by Crippen LogP contribution is 2.52. The van der Waals surface area contributed by atoms with E-state index in [0.29, 0.717) is 38.3 Å². The molecule has 0 atom stereocenters. The van der Waals surface area contributed by atoms with Crippen molar-refractivity contribution < 1.29 is 14.2 Å². The van der Waals surface area contributed by atoms with Crippen molar-refractivity contribution in [1.82, 2.24) is 9.97 Å². The molecule has 0 fully saturated rings. The van der Waals surface area contributed by atoms with Gasteiger partial charge in [-0.2, -0.15) is 0 Å². The summed E-state index contributed by atoms with van der Waals surface area (Å²) in [4.78, 5) is 8.68. The minimum absolute atomic E-state index is 0.225. The van der Waals surface area contributed by atoms with Gasteiger partial charge < -0.3 is 25.3 Å². The Morgan fingerprint density at radius 1 is 0.448 bits per heavy atom. The van der Waals surface area contributed by atoms with Crippen molar-refractivity contribution in [3.63, 3.8) is 0 Å².